The normalized spacial score (nSPS) is 21.3. The quantitative estimate of drug-likeness (QED) is 0.615. The van der Waals surface area contributed by atoms with Gasteiger partial charge in [-0.25, -0.2) is 4.98 Å². The second-order valence-corrected chi connectivity index (χ2v) is 5.90. The van der Waals surface area contributed by atoms with E-state index in [9.17, 15) is 4.39 Å². The van der Waals surface area contributed by atoms with Crippen LogP contribution in [0.3, 0.4) is 0 Å². The van der Waals surface area contributed by atoms with Gasteiger partial charge in [0.05, 0.1) is 21.9 Å². The highest BCUT2D eigenvalue weighted by atomic mass is 35.5. The molecule has 0 saturated carbocycles. The van der Waals surface area contributed by atoms with Crippen molar-refractivity contribution in [1.29, 1.82) is 0 Å². The number of rotatable bonds is 2. The second-order valence-electron chi connectivity index (χ2n) is 5.49. The third kappa shape index (κ3) is 2.99. The maximum absolute atomic E-state index is 13.2. The van der Waals surface area contributed by atoms with Crippen LogP contribution in [-0.2, 0) is 9.31 Å². The lowest BCUT2D eigenvalue weighted by Crippen LogP contribution is -2.41. The van der Waals surface area contributed by atoms with Crippen LogP contribution in [0.1, 0.15) is 33.4 Å². The summed E-state index contributed by atoms with van der Waals surface area (Å²) >= 11 is 5.57. The maximum atomic E-state index is 13.2. The van der Waals surface area contributed by atoms with Gasteiger partial charge in [0.1, 0.15) is 0 Å². The molecule has 1 fully saturated rings. The Morgan fingerprint density at radius 2 is 1.79 bits per heavy atom. The zero-order chi connectivity index (χ0) is 14.3. The molecule has 0 unspecified atom stereocenters. The molecule has 6 heteroatoms. The van der Waals surface area contributed by atoms with Crippen LogP contribution in [-0.4, -0.2) is 23.3 Å². The monoisotopic (exact) mass is 283 g/mol. The summed E-state index contributed by atoms with van der Waals surface area (Å²) in [5.74, 6) is 1.03. The van der Waals surface area contributed by atoms with Gasteiger partial charge >= 0.3 is 7.12 Å². The van der Waals surface area contributed by atoms with E-state index in [4.69, 9.17) is 20.9 Å². The topological polar surface area (TPSA) is 31.4 Å². The molecule has 0 radical (unpaired) electrons. The SMILES string of the molecule is CC1(C)OB(/C=C/c2ccc(Cl)c(F)n2)OC1(C)C. The van der Waals surface area contributed by atoms with Gasteiger partial charge in [-0.3, -0.25) is 0 Å². The first kappa shape index (κ1) is 14.5. The van der Waals surface area contributed by atoms with Crippen LogP contribution in [0.2, 0.25) is 5.02 Å². The van der Waals surface area contributed by atoms with E-state index in [1.54, 1.807) is 18.1 Å². The highest BCUT2D eigenvalue weighted by Gasteiger charge is 2.49. The number of nitrogens with zero attached hydrogens (tertiary/aromatic N) is 1. The number of hydrogen-bond donors (Lipinski definition) is 0. The second kappa shape index (κ2) is 4.89. The number of pyridine rings is 1. The van der Waals surface area contributed by atoms with E-state index in [1.165, 1.54) is 6.07 Å². The average Bonchev–Trinajstić information content (AvgIpc) is 2.49. The molecule has 0 N–H and O–H groups in total. The molecule has 0 spiro atoms. The zero-order valence-electron chi connectivity index (χ0n) is 11.4. The molecule has 3 nitrogen and oxygen atoms in total. The number of hydrogen-bond acceptors (Lipinski definition) is 3. The first-order valence-corrected chi connectivity index (χ1v) is 6.45. The molecule has 19 heavy (non-hydrogen) atoms. The van der Waals surface area contributed by atoms with Crippen LogP contribution in [0.25, 0.3) is 6.08 Å². The summed E-state index contributed by atoms with van der Waals surface area (Å²) in [5, 5.41) is 0.00721. The molecule has 0 aromatic carbocycles. The standard InChI is InChI=1S/C13H16BClFNO2/c1-12(2)13(3,4)19-14(18-12)8-7-9-5-6-10(15)11(16)17-9/h5-8H,1-4H3/b8-7+. The van der Waals surface area contributed by atoms with Crippen molar-refractivity contribution >= 4 is 24.8 Å². The lowest BCUT2D eigenvalue weighted by atomic mass is 9.90. The Morgan fingerprint density at radius 1 is 1.21 bits per heavy atom. The average molecular weight is 284 g/mol. The van der Waals surface area contributed by atoms with Crippen molar-refractivity contribution in [3.63, 3.8) is 0 Å². The van der Waals surface area contributed by atoms with Crippen LogP contribution in [0.15, 0.2) is 18.1 Å². The third-order valence-electron chi connectivity index (χ3n) is 3.52. The molecule has 102 valence electrons. The minimum atomic E-state index is -0.683. The molecule has 0 amide bonds. The summed E-state index contributed by atoms with van der Waals surface area (Å²) in [7, 11) is -0.467. The lowest BCUT2D eigenvalue weighted by molar-refractivity contribution is 0.00578. The number of aromatic nitrogens is 1. The van der Waals surface area contributed by atoms with Crippen molar-refractivity contribution in [2.24, 2.45) is 0 Å². The summed E-state index contributed by atoms with van der Waals surface area (Å²) in [6, 6.07) is 3.10. The summed E-state index contributed by atoms with van der Waals surface area (Å²) in [4.78, 5) is 3.71. The van der Waals surface area contributed by atoms with Crippen molar-refractivity contribution in [2.75, 3.05) is 0 Å². The molecule has 1 aromatic rings. The molecule has 1 aromatic heterocycles. The van der Waals surface area contributed by atoms with Crippen molar-refractivity contribution in [2.45, 2.75) is 38.9 Å². The largest absolute Gasteiger partial charge is 0.487 e. The molecule has 0 aliphatic carbocycles. The van der Waals surface area contributed by atoms with Gasteiger partial charge in [0.25, 0.3) is 0 Å². The van der Waals surface area contributed by atoms with Crippen LogP contribution in [0, 0.1) is 5.95 Å². The van der Waals surface area contributed by atoms with Crippen molar-refractivity contribution < 1.29 is 13.7 Å². The Bertz CT molecular complexity index is 503. The lowest BCUT2D eigenvalue weighted by Gasteiger charge is -2.32. The van der Waals surface area contributed by atoms with Crippen LogP contribution < -0.4 is 0 Å². The van der Waals surface area contributed by atoms with E-state index in [2.05, 4.69) is 4.98 Å². The van der Waals surface area contributed by atoms with E-state index in [0.29, 0.717) is 5.69 Å². The summed E-state index contributed by atoms with van der Waals surface area (Å²) in [6.45, 7) is 7.89. The fraction of sp³-hybridized carbons (Fsp3) is 0.462. The Labute approximate surface area is 117 Å². The van der Waals surface area contributed by atoms with Gasteiger partial charge in [-0.15, -0.1) is 0 Å². The van der Waals surface area contributed by atoms with Crippen LogP contribution in [0.4, 0.5) is 4.39 Å². The minimum absolute atomic E-state index is 0.00721. The van der Waals surface area contributed by atoms with E-state index in [0.717, 1.165) is 0 Å². The predicted octanol–water partition coefficient (Wildman–Crippen LogP) is 3.52. The molecule has 2 heterocycles. The first-order valence-electron chi connectivity index (χ1n) is 6.07. The summed E-state index contributed by atoms with van der Waals surface area (Å²) in [6.07, 6.45) is 1.65. The molecule has 2 rings (SSSR count). The van der Waals surface area contributed by atoms with Gasteiger partial charge < -0.3 is 9.31 Å². The molecule has 1 aliphatic heterocycles. The number of halogens is 2. The fourth-order valence-electron chi connectivity index (χ4n) is 1.67. The first-order chi connectivity index (χ1) is 8.71. The van der Waals surface area contributed by atoms with Crippen molar-refractivity contribution in [3.8, 4) is 0 Å². The smallest absolute Gasteiger partial charge is 0.400 e. The fourth-order valence-corrected chi connectivity index (χ4v) is 1.77. The van der Waals surface area contributed by atoms with Gasteiger partial charge in [-0.05, 0) is 45.9 Å². The molecule has 1 saturated heterocycles. The molecule has 0 bridgehead atoms. The third-order valence-corrected chi connectivity index (χ3v) is 3.80. The van der Waals surface area contributed by atoms with Gasteiger partial charge in [0, 0.05) is 0 Å². The molecule has 1 aliphatic rings. The Kier molecular flexibility index (Phi) is 3.73. The Balaban J connectivity index is 2.10. The van der Waals surface area contributed by atoms with Gasteiger partial charge in [0.2, 0.25) is 5.95 Å². The summed E-state index contributed by atoms with van der Waals surface area (Å²) < 4.78 is 24.8. The van der Waals surface area contributed by atoms with Crippen LogP contribution >= 0.6 is 11.6 Å². The van der Waals surface area contributed by atoms with E-state index in [-0.39, 0.29) is 16.2 Å². The van der Waals surface area contributed by atoms with Crippen molar-refractivity contribution in [1.82, 2.24) is 4.98 Å². The summed E-state index contributed by atoms with van der Waals surface area (Å²) in [5.41, 5.74) is -0.307. The predicted molar refractivity (Wildman–Crippen MR) is 74.3 cm³/mol. The van der Waals surface area contributed by atoms with Gasteiger partial charge in [-0.1, -0.05) is 17.6 Å². The Hall–Kier alpha value is -0.905. The highest BCUT2D eigenvalue weighted by Crippen LogP contribution is 2.36. The van der Waals surface area contributed by atoms with E-state index >= 15 is 0 Å². The molecular weight excluding hydrogens is 267 g/mol. The zero-order valence-corrected chi connectivity index (χ0v) is 12.2. The highest BCUT2D eigenvalue weighted by molar-refractivity contribution is 6.52. The minimum Gasteiger partial charge on any atom is -0.400 e. The van der Waals surface area contributed by atoms with E-state index < -0.39 is 13.1 Å². The van der Waals surface area contributed by atoms with Crippen LogP contribution in [0.5, 0.6) is 0 Å². The van der Waals surface area contributed by atoms with Gasteiger partial charge in [-0.2, -0.15) is 4.39 Å². The molecule has 0 atom stereocenters. The van der Waals surface area contributed by atoms with Gasteiger partial charge in [0.15, 0.2) is 0 Å². The van der Waals surface area contributed by atoms with E-state index in [1.807, 2.05) is 27.7 Å². The molecular formula is C13H16BClFNO2. The Morgan fingerprint density at radius 3 is 2.32 bits per heavy atom. The maximum Gasteiger partial charge on any atom is 0.487 e. The van der Waals surface area contributed by atoms with Crippen molar-refractivity contribution in [3.05, 3.63) is 34.8 Å².